The zero-order chi connectivity index (χ0) is 9.68. The topological polar surface area (TPSA) is 26.3 Å². The van der Waals surface area contributed by atoms with Gasteiger partial charge in [-0.1, -0.05) is 6.92 Å². The molecule has 1 rings (SSSR count). The predicted molar refractivity (Wildman–Crippen MR) is 60.0 cm³/mol. The fraction of sp³-hybridized carbons (Fsp3) is 0.300. The van der Waals surface area contributed by atoms with Crippen molar-refractivity contribution in [1.82, 2.24) is 0 Å². The minimum Gasteiger partial charge on any atom is -0.486 e. The Balaban J connectivity index is 2.46. The summed E-state index contributed by atoms with van der Waals surface area (Å²) >= 11 is 2.22. The van der Waals surface area contributed by atoms with Crippen LogP contribution in [0.2, 0.25) is 0 Å². The molecule has 2 nitrogen and oxygen atoms in total. The first-order valence-electron chi connectivity index (χ1n) is 4.12. The van der Waals surface area contributed by atoms with Crippen LogP contribution in [0.5, 0.6) is 5.75 Å². The number of hydrogen-bond acceptors (Lipinski definition) is 2. The molecule has 0 fully saturated rings. The van der Waals surface area contributed by atoms with Gasteiger partial charge in [0.2, 0.25) is 0 Å². The number of benzene rings is 1. The number of Topliss-reactive ketones (excluding diaryl/α,β-unsaturated/α-hetero) is 1. The van der Waals surface area contributed by atoms with Crippen molar-refractivity contribution in [3.8, 4) is 5.75 Å². The zero-order valence-electron chi connectivity index (χ0n) is 7.42. The molecule has 0 heterocycles. The molecule has 0 amide bonds. The third-order valence-corrected chi connectivity index (χ3v) is 2.33. The first-order valence-corrected chi connectivity index (χ1v) is 5.20. The molecule has 0 unspecified atom stereocenters. The van der Waals surface area contributed by atoms with Crippen LogP contribution in [0.25, 0.3) is 0 Å². The van der Waals surface area contributed by atoms with E-state index in [1.807, 2.05) is 31.2 Å². The van der Waals surface area contributed by atoms with Gasteiger partial charge in [-0.25, -0.2) is 0 Å². The second kappa shape index (κ2) is 5.21. The van der Waals surface area contributed by atoms with Gasteiger partial charge in [0.05, 0.1) is 0 Å². The zero-order valence-corrected chi connectivity index (χ0v) is 9.58. The molecule has 3 heteroatoms. The Morgan fingerprint density at radius 3 is 2.54 bits per heavy atom. The normalized spacial score (nSPS) is 9.69. The Morgan fingerprint density at radius 2 is 2.00 bits per heavy atom. The van der Waals surface area contributed by atoms with Crippen molar-refractivity contribution in [2.45, 2.75) is 13.3 Å². The number of rotatable bonds is 4. The van der Waals surface area contributed by atoms with Crippen molar-refractivity contribution in [3.05, 3.63) is 27.8 Å². The van der Waals surface area contributed by atoms with Crippen LogP contribution in [0.15, 0.2) is 24.3 Å². The van der Waals surface area contributed by atoms with E-state index in [1.54, 1.807) is 0 Å². The number of carbonyl (C=O) groups excluding carboxylic acids is 1. The quantitative estimate of drug-likeness (QED) is 0.797. The summed E-state index contributed by atoms with van der Waals surface area (Å²) in [6.45, 7) is 2.01. The van der Waals surface area contributed by atoms with E-state index in [9.17, 15) is 4.79 Å². The van der Waals surface area contributed by atoms with E-state index in [4.69, 9.17) is 4.74 Å². The average Bonchev–Trinajstić information content (AvgIpc) is 2.16. The minimum absolute atomic E-state index is 0.124. The second-order valence-electron chi connectivity index (χ2n) is 2.63. The lowest BCUT2D eigenvalue weighted by molar-refractivity contribution is -0.120. The van der Waals surface area contributed by atoms with E-state index in [2.05, 4.69) is 22.6 Å². The standard InChI is InChI=1S/C10H11IO2/c1-2-9(12)7-13-10-5-3-8(11)4-6-10/h3-6H,2,7H2,1H3. The second-order valence-corrected chi connectivity index (χ2v) is 3.88. The SMILES string of the molecule is CCC(=O)COc1ccc(I)cc1. The van der Waals surface area contributed by atoms with Gasteiger partial charge in [-0.15, -0.1) is 0 Å². The Morgan fingerprint density at radius 1 is 1.38 bits per heavy atom. The molecule has 70 valence electrons. The Kier molecular flexibility index (Phi) is 4.21. The molecule has 0 radical (unpaired) electrons. The van der Waals surface area contributed by atoms with Crippen LogP contribution in [0.4, 0.5) is 0 Å². The summed E-state index contributed by atoms with van der Waals surface area (Å²) in [6.07, 6.45) is 0.532. The number of hydrogen-bond donors (Lipinski definition) is 0. The van der Waals surface area contributed by atoms with Crippen LogP contribution in [-0.2, 0) is 4.79 Å². The van der Waals surface area contributed by atoms with Crippen LogP contribution >= 0.6 is 22.6 Å². The smallest absolute Gasteiger partial charge is 0.169 e. The van der Waals surface area contributed by atoms with Crippen molar-refractivity contribution in [1.29, 1.82) is 0 Å². The largest absolute Gasteiger partial charge is 0.486 e. The molecule has 0 bridgehead atoms. The highest BCUT2D eigenvalue weighted by atomic mass is 127. The lowest BCUT2D eigenvalue weighted by Gasteiger charge is -2.03. The van der Waals surface area contributed by atoms with Gasteiger partial charge in [0.1, 0.15) is 12.4 Å². The molecule has 0 spiro atoms. The van der Waals surface area contributed by atoms with E-state index in [-0.39, 0.29) is 12.4 Å². The summed E-state index contributed by atoms with van der Waals surface area (Å²) in [6, 6.07) is 7.63. The van der Waals surface area contributed by atoms with Crippen molar-refractivity contribution >= 4 is 28.4 Å². The van der Waals surface area contributed by atoms with Gasteiger partial charge in [0.25, 0.3) is 0 Å². The molecular formula is C10H11IO2. The maximum Gasteiger partial charge on any atom is 0.169 e. The highest BCUT2D eigenvalue weighted by Gasteiger charge is 1.99. The molecule has 0 saturated carbocycles. The lowest BCUT2D eigenvalue weighted by Crippen LogP contribution is -2.09. The Bertz CT molecular complexity index is 279. The molecule has 1 aromatic rings. The van der Waals surface area contributed by atoms with Crippen LogP contribution < -0.4 is 4.74 Å². The summed E-state index contributed by atoms with van der Waals surface area (Å²) in [5, 5.41) is 0. The summed E-state index contributed by atoms with van der Waals surface area (Å²) in [7, 11) is 0. The molecule has 0 aliphatic carbocycles. The van der Waals surface area contributed by atoms with Gasteiger partial charge >= 0.3 is 0 Å². The molecular weight excluding hydrogens is 279 g/mol. The molecule has 1 aromatic carbocycles. The fourth-order valence-corrected chi connectivity index (χ4v) is 1.16. The Hall–Kier alpha value is -0.580. The van der Waals surface area contributed by atoms with Gasteiger partial charge in [-0.05, 0) is 46.9 Å². The summed E-state index contributed by atoms with van der Waals surface area (Å²) in [4.78, 5) is 10.9. The first kappa shape index (κ1) is 10.5. The number of halogens is 1. The van der Waals surface area contributed by atoms with Crippen molar-refractivity contribution in [2.75, 3.05) is 6.61 Å². The molecule has 0 aliphatic heterocycles. The number of ether oxygens (including phenoxy) is 1. The monoisotopic (exact) mass is 290 g/mol. The van der Waals surface area contributed by atoms with Gasteiger partial charge in [0, 0.05) is 9.99 Å². The molecule has 0 N–H and O–H groups in total. The predicted octanol–water partition coefficient (Wildman–Crippen LogP) is 2.65. The summed E-state index contributed by atoms with van der Waals surface area (Å²) in [5.74, 6) is 0.876. The van der Waals surface area contributed by atoms with E-state index in [0.717, 1.165) is 9.32 Å². The van der Waals surface area contributed by atoms with Crippen LogP contribution in [-0.4, -0.2) is 12.4 Å². The maximum atomic E-state index is 10.9. The first-order chi connectivity index (χ1) is 6.22. The summed E-state index contributed by atoms with van der Waals surface area (Å²) in [5.41, 5.74) is 0. The third kappa shape index (κ3) is 3.76. The molecule has 0 atom stereocenters. The average molecular weight is 290 g/mol. The van der Waals surface area contributed by atoms with Crippen LogP contribution in [0.1, 0.15) is 13.3 Å². The van der Waals surface area contributed by atoms with Crippen molar-refractivity contribution in [2.24, 2.45) is 0 Å². The third-order valence-electron chi connectivity index (χ3n) is 1.61. The highest BCUT2D eigenvalue weighted by molar-refractivity contribution is 14.1. The van der Waals surface area contributed by atoms with E-state index < -0.39 is 0 Å². The molecule has 0 saturated heterocycles. The maximum absolute atomic E-state index is 10.9. The van der Waals surface area contributed by atoms with Crippen molar-refractivity contribution in [3.63, 3.8) is 0 Å². The number of carbonyl (C=O) groups is 1. The van der Waals surface area contributed by atoms with Crippen molar-refractivity contribution < 1.29 is 9.53 Å². The lowest BCUT2D eigenvalue weighted by atomic mass is 10.3. The number of ketones is 1. The van der Waals surface area contributed by atoms with Gasteiger partial charge in [0.15, 0.2) is 5.78 Å². The minimum atomic E-state index is 0.124. The molecule has 13 heavy (non-hydrogen) atoms. The van der Waals surface area contributed by atoms with Gasteiger partial charge in [-0.3, -0.25) is 4.79 Å². The molecule has 0 aromatic heterocycles. The van der Waals surface area contributed by atoms with E-state index in [0.29, 0.717) is 6.42 Å². The molecule has 0 aliphatic rings. The van der Waals surface area contributed by atoms with Gasteiger partial charge in [-0.2, -0.15) is 0 Å². The van der Waals surface area contributed by atoms with Crippen LogP contribution in [0.3, 0.4) is 0 Å². The summed E-state index contributed by atoms with van der Waals surface area (Å²) < 4.78 is 6.42. The van der Waals surface area contributed by atoms with Gasteiger partial charge < -0.3 is 4.74 Å². The fourth-order valence-electron chi connectivity index (χ4n) is 0.797. The Labute approximate surface area is 91.4 Å². The highest BCUT2D eigenvalue weighted by Crippen LogP contribution is 2.13. The van der Waals surface area contributed by atoms with Crippen LogP contribution in [0, 0.1) is 3.57 Å². The van der Waals surface area contributed by atoms with E-state index >= 15 is 0 Å². The van der Waals surface area contributed by atoms with E-state index in [1.165, 1.54) is 0 Å².